The topological polar surface area (TPSA) is 12.5 Å². The van der Waals surface area contributed by atoms with E-state index in [9.17, 15) is 0 Å². The van der Waals surface area contributed by atoms with Crippen molar-refractivity contribution in [1.29, 1.82) is 0 Å². The zero-order valence-electron chi connectivity index (χ0n) is 9.38. The lowest BCUT2D eigenvalue weighted by atomic mass is 10.0. The highest BCUT2D eigenvalue weighted by Gasteiger charge is 2.18. The van der Waals surface area contributed by atoms with Crippen LogP contribution < -0.4 is 9.64 Å². The third-order valence-electron chi connectivity index (χ3n) is 2.80. The Labute approximate surface area is 95.8 Å². The normalized spacial score (nSPS) is 15.1. The van der Waals surface area contributed by atoms with Crippen molar-refractivity contribution in [2.24, 2.45) is 0 Å². The lowest BCUT2D eigenvalue weighted by Crippen LogP contribution is -2.28. The number of halogens is 1. The summed E-state index contributed by atoms with van der Waals surface area (Å²) >= 11 is 6.24. The molecule has 1 aromatic rings. The van der Waals surface area contributed by atoms with Gasteiger partial charge in [0, 0.05) is 12.1 Å². The molecule has 15 heavy (non-hydrogen) atoms. The molecule has 0 unspecified atom stereocenters. The molecule has 0 bridgehead atoms. The van der Waals surface area contributed by atoms with Crippen molar-refractivity contribution in [3.8, 4) is 5.75 Å². The number of ether oxygens (including phenoxy) is 1. The van der Waals surface area contributed by atoms with E-state index in [-0.39, 0.29) is 0 Å². The molecule has 1 aliphatic rings. The lowest BCUT2D eigenvalue weighted by Gasteiger charge is -2.28. The quantitative estimate of drug-likeness (QED) is 0.727. The van der Waals surface area contributed by atoms with Crippen molar-refractivity contribution in [2.45, 2.75) is 19.8 Å². The molecule has 2 rings (SSSR count). The number of nitrogens with zero attached hydrogens (tertiary/aromatic N) is 1. The fourth-order valence-corrected chi connectivity index (χ4v) is 2.20. The summed E-state index contributed by atoms with van der Waals surface area (Å²) in [5, 5.41) is 0.834. The zero-order valence-corrected chi connectivity index (χ0v) is 10.1. The van der Waals surface area contributed by atoms with E-state index in [0.29, 0.717) is 5.92 Å². The van der Waals surface area contributed by atoms with Crippen LogP contribution in [0.3, 0.4) is 0 Å². The minimum absolute atomic E-state index is 0.429. The van der Waals surface area contributed by atoms with Gasteiger partial charge in [0.15, 0.2) is 0 Å². The molecule has 0 spiro atoms. The molecule has 2 nitrogen and oxygen atoms in total. The van der Waals surface area contributed by atoms with Gasteiger partial charge in [0.25, 0.3) is 0 Å². The predicted molar refractivity (Wildman–Crippen MR) is 64.3 cm³/mol. The van der Waals surface area contributed by atoms with Crippen molar-refractivity contribution >= 4 is 17.3 Å². The zero-order chi connectivity index (χ0) is 11.0. The van der Waals surface area contributed by atoms with Gasteiger partial charge in [-0.1, -0.05) is 25.4 Å². The number of fused-ring (bicyclic) bond motifs is 1. The molecule has 1 aliphatic heterocycles. The van der Waals surface area contributed by atoms with Gasteiger partial charge in [0.2, 0.25) is 0 Å². The average molecular weight is 226 g/mol. The lowest BCUT2D eigenvalue weighted by molar-refractivity contribution is 0.311. The highest BCUT2D eigenvalue weighted by Crippen LogP contribution is 2.38. The first-order chi connectivity index (χ1) is 7.09. The molecule has 0 fully saturated rings. The van der Waals surface area contributed by atoms with E-state index in [1.54, 1.807) is 0 Å². The molecule has 0 amide bonds. The van der Waals surface area contributed by atoms with E-state index >= 15 is 0 Å². The average Bonchev–Trinajstić information content (AvgIpc) is 2.18. The van der Waals surface area contributed by atoms with Crippen molar-refractivity contribution < 1.29 is 4.74 Å². The van der Waals surface area contributed by atoms with E-state index in [1.165, 1.54) is 0 Å². The maximum Gasteiger partial charge on any atom is 0.143 e. The van der Waals surface area contributed by atoms with Crippen LogP contribution in [-0.2, 0) is 0 Å². The number of benzene rings is 1. The van der Waals surface area contributed by atoms with Crippen LogP contribution in [0.5, 0.6) is 5.75 Å². The molecule has 82 valence electrons. The smallest absolute Gasteiger partial charge is 0.143 e. The minimum Gasteiger partial charge on any atom is -0.490 e. The highest BCUT2D eigenvalue weighted by atomic mass is 35.5. The molecule has 1 aromatic carbocycles. The number of likely N-dealkylation sites (N-methyl/N-ethyl adjacent to an activating group) is 1. The summed E-state index contributed by atoms with van der Waals surface area (Å²) in [6.07, 6.45) is 0. The molecule has 3 heteroatoms. The maximum absolute atomic E-state index is 6.24. The van der Waals surface area contributed by atoms with Gasteiger partial charge in [0.05, 0.1) is 12.2 Å². The largest absolute Gasteiger partial charge is 0.490 e. The Hall–Kier alpha value is -0.890. The van der Waals surface area contributed by atoms with Gasteiger partial charge in [-0.05, 0) is 23.6 Å². The summed E-state index contributed by atoms with van der Waals surface area (Å²) in [6, 6.07) is 4.07. The fourth-order valence-electron chi connectivity index (χ4n) is 1.83. The highest BCUT2D eigenvalue weighted by molar-refractivity contribution is 6.31. The second-order valence-corrected chi connectivity index (χ2v) is 4.67. The number of rotatable bonds is 1. The molecule has 0 N–H and O–H groups in total. The van der Waals surface area contributed by atoms with Crippen molar-refractivity contribution in [3.05, 3.63) is 22.7 Å². The van der Waals surface area contributed by atoms with E-state index in [4.69, 9.17) is 16.3 Å². The first-order valence-corrected chi connectivity index (χ1v) is 5.64. The Balaban J connectivity index is 2.49. The minimum atomic E-state index is 0.429. The Morgan fingerprint density at radius 1 is 1.40 bits per heavy atom. The Morgan fingerprint density at radius 2 is 2.13 bits per heavy atom. The van der Waals surface area contributed by atoms with Gasteiger partial charge in [-0.3, -0.25) is 0 Å². The number of hydrogen-bond acceptors (Lipinski definition) is 2. The Morgan fingerprint density at radius 3 is 2.80 bits per heavy atom. The first kappa shape index (κ1) is 10.6. The van der Waals surface area contributed by atoms with Gasteiger partial charge in [0.1, 0.15) is 12.4 Å². The fraction of sp³-hybridized carbons (Fsp3) is 0.500. The molecule has 1 heterocycles. The van der Waals surface area contributed by atoms with Crippen LogP contribution >= 0.6 is 11.6 Å². The van der Waals surface area contributed by atoms with Crippen LogP contribution in [0.4, 0.5) is 5.69 Å². The van der Waals surface area contributed by atoms with Crippen molar-refractivity contribution in [3.63, 3.8) is 0 Å². The molecule has 0 aromatic heterocycles. The van der Waals surface area contributed by atoms with Crippen LogP contribution in [0.15, 0.2) is 12.1 Å². The summed E-state index contributed by atoms with van der Waals surface area (Å²) in [4.78, 5) is 2.18. The predicted octanol–water partition coefficient (Wildman–Crippen LogP) is 3.29. The second-order valence-electron chi connectivity index (χ2n) is 4.27. The molecule has 0 atom stereocenters. The van der Waals surface area contributed by atoms with E-state index in [0.717, 1.165) is 35.2 Å². The first-order valence-electron chi connectivity index (χ1n) is 5.27. The van der Waals surface area contributed by atoms with E-state index in [2.05, 4.69) is 31.9 Å². The molecule has 0 saturated carbocycles. The molecule has 0 saturated heterocycles. The summed E-state index contributed by atoms with van der Waals surface area (Å²) in [5.74, 6) is 1.38. The second kappa shape index (κ2) is 3.93. The molecule has 0 aliphatic carbocycles. The maximum atomic E-state index is 6.24. The summed E-state index contributed by atoms with van der Waals surface area (Å²) in [7, 11) is 2.06. The third kappa shape index (κ3) is 1.91. The monoisotopic (exact) mass is 225 g/mol. The van der Waals surface area contributed by atoms with Crippen LogP contribution in [0, 0.1) is 0 Å². The summed E-state index contributed by atoms with van der Waals surface area (Å²) < 4.78 is 5.64. The SMILES string of the molecule is CC(C)c1cc2c(cc1Cl)N(C)CCO2. The van der Waals surface area contributed by atoms with Crippen molar-refractivity contribution in [2.75, 3.05) is 25.1 Å². The van der Waals surface area contributed by atoms with Gasteiger partial charge in [-0.15, -0.1) is 0 Å². The molecular weight excluding hydrogens is 210 g/mol. The van der Waals surface area contributed by atoms with Gasteiger partial charge in [-0.2, -0.15) is 0 Å². The van der Waals surface area contributed by atoms with Crippen LogP contribution in [-0.4, -0.2) is 20.2 Å². The van der Waals surface area contributed by atoms with Gasteiger partial charge in [-0.25, -0.2) is 0 Å². The summed E-state index contributed by atoms with van der Waals surface area (Å²) in [6.45, 7) is 5.95. The third-order valence-corrected chi connectivity index (χ3v) is 3.12. The van der Waals surface area contributed by atoms with Gasteiger partial charge < -0.3 is 9.64 Å². The Bertz CT molecular complexity index is 376. The van der Waals surface area contributed by atoms with Crippen molar-refractivity contribution in [1.82, 2.24) is 0 Å². The Kier molecular flexibility index (Phi) is 2.79. The van der Waals surface area contributed by atoms with Gasteiger partial charge >= 0.3 is 0 Å². The molecule has 0 radical (unpaired) electrons. The number of hydrogen-bond donors (Lipinski definition) is 0. The van der Waals surface area contributed by atoms with E-state index < -0.39 is 0 Å². The molecular formula is C12H16ClNO. The van der Waals surface area contributed by atoms with Crippen LogP contribution in [0.25, 0.3) is 0 Å². The number of anilines is 1. The summed E-state index contributed by atoms with van der Waals surface area (Å²) in [5.41, 5.74) is 2.25. The van der Waals surface area contributed by atoms with E-state index in [1.807, 2.05) is 6.07 Å². The van der Waals surface area contributed by atoms with Crippen LogP contribution in [0.1, 0.15) is 25.3 Å². The van der Waals surface area contributed by atoms with Crippen LogP contribution in [0.2, 0.25) is 5.02 Å². The standard InChI is InChI=1S/C12H16ClNO/c1-8(2)9-6-12-11(7-10(9)13)14(3)4-5-15-12/h6-8H,4-5H2,1-3H3.